The Kier molecular flexibility index (Phi) is 6.35. The number of para-hydroxylation sites is 1. The predicted octanol–water partition coefficient (Wildman–Crippen LogP) is 3.28. The Morgan fingerprint density at radius 3 is 2.85 bits per heavy atom. The Hall–Kier alpha value is -2.70. The first kappa shape index (κ1) is 18.1. The Morgan fingerprint density at radius 1 is 1.15 bits per heavy atom. The third kappa shape index (κ3) is 4.47. The number of nitrogens with one attached hydrogen (secondary N) is 1. The highest BCUT2D eigenvalue weighted by atomic mass is 16.5. The number of nitrogens with zero attached hydrogens (tertiary/aromatic N) is 1. The van der Waals surface area contributed by atoms with E-state index in [9.17, 15) is 4.79 Å². The summed E-state index contributed by atoms with van der Waals surface area (Å²) in [7, 11) is 1.64. The lowest BCUT2D eigenvalue weighted by molar-refractivity contribution is 0.0688. The molecule has 0 bridgehead atoms. The third-order valence-electron chi connectivity index (χ3n) is 3.92. The molecule has 136 valence electrons. The van der Waals surface area contributed by atoms with Crippen molar-refractivity contribution in [3.63, 3.8) is 0 Å². The second-order valence-electron chi connectivity index (χ2n) is 5.76. The Labute approximate surface area is 152 Å². The van der Waals surface area contributed by atoms with E-state index in [1.54, 1.807) is 25.5 Å². The SMILES string of the molecule is COCCOCCCNC(=O)c1cc(-c2ccco2)nc2ccccc12. The van der Waals surface area contributed by atoms with Gasteiger partial charge >= 0.3 is 0 Å². The van der Waals surface area contributed by atoms with Crippen molar-refractivity contribution >= 4 is 16.8 Å². The molecule has 1 N–H and O–H groups in total. The molecule has 6 nitrogen and oxygen atoms in total. The number of ether oxygens (including phenoxy) is 2. The zero-order valence-corrected chi connectivity index (χ0v) is 14.7. The molecule has 2 aromatic heterocycles. The summed E-state index contributed by atoms with van der Waals surface area (Å²) in [6.45, 7) is 2.26. The van der Waals surface area contributed by atoms with Crippen molar-refractivity contribution in [2.24, 2.45) is 0 Å². The van der Waals surface area contributed by atoms with Crippen LogP contribution in [0, 0.1) is 0 Å². The van der Waals surface area contributed by atoms with E-state index in [2.05, 4.69) is 10.3 Å². The van der Waals surface area contributed by atoms with Crippen LogP contribution in [0.1, 0.15) is 16.8 Å². The molecule has 0 atom stereocenters. The Bertz CT molecular complexity index is 846. The minimum Gasteiger partial charge on any atom is -0.463 e. The Balaban J connectivity index is 1.70. The summed E-state index contributed by atoms with van der Waals surface area (Å²) in [5, 5.41) is 3.76. The van der Waals surface area contributed by atoms with E-state index >= 15 is 0 Å². The summed E-state index contributed by atoms with van der Waals surface area (Å²) < 4.78 is 15.7. The number of aromatic nitrogens is 1. The van der Waals surface area contributed by atoms with Crippen molar-refractivity contribution in [3.05, 3.63) is 54.3 Å². The van der Waals surface area contributed by atoms with Gasteiger partial charge in [0.2, 0.25) is 0 Å². The summed E-state index contributed by atoms with van der Waals surface area (Å²) in [5.41, 5.74) is 1.98. The molecule has 26 heavy (non-hydrogen) atoms. The lowest BCUT2D eigenvalue weighted by Gasteiger charge is -2.10. The number of carbonyl (C=O) groups is 1. The molecule has 3 rings (SSSR count). The van der Waals surface area contributed by atoms with Gasteiger partial charge in [-0.15, -0.1) is 0 Å². The predicted molar refractivity (Wildman–Crippen MR) is 99.1 cm³/mol. The summed E-state index contributed by atoms with van der Waals surface area (Å²) in [6.07, 6.45) is 2.33. The molecule has 0 aliphatic heterocycles. The van der Waals surface area contributed by atoms with Crippen LogP contribution in [0.4, 0.5) is 0 Å². The minimum absolute atomic E-state index is 0.131. The minimum atomic E-state index is -0.131. The first-order valence-corrected chi connectivity index (χ1v) is 8.58. The second-order valence-corrected chi connectivity index (χ2v) is 5.76. The number of furan rings is 1. The summed E-state index contributed by atoms with van der Waals surface area (Å²) in [5.74, 6) is 0.504. The standard InChI is InChI=1S/C20H22N2O4/c1-24-12-13-25-10-5-9-21-20(23)16-14-18(19-8-4-11-26-19)22-17-7-3-2-6-15(16)17/h2-4,6-8,11,14H,5,9-10,12-13H2,1H3,(H,21,23). The van der Waals surface area contributed by atoms with Crippen LogP contribution in [0.5, 0.6) is 0 Å². The quantitative estimate of drug-likeness (QED) is 0.597. The topological polar surface area (TPSA) is 73.6 Å². The maximum Gasteiger partial charge on any atom is 0.252 e. The number of pyridine rings is 1. The van der Waals surface area contributed by atoms with E-state index in [1.165, 1.54) is 0 Å². The van der Waals surface area contributed by atoms with Gasteiger partial charge in [-0.2, -0.15) is 0 Å². The monoisotopic (exact) mass is 354 g/mol. The molecule has 6 heteroatoms. The molecule has 2 heterocycles. The van der Waals surface area contributed by atoms with Gasteiger partial charge in [0.15, 0.2) is 5.76 Å². The highest BCUT2D eigenvalue weighted by molar-refractivity contribution is 6.07. The lowest BCUT2D eigenvalue weighted by Crippen LogP contribution is -2.25. The van der Waals surface area contributed by atoms with Crippen molar-refractivity contribution < 1.29 is 18.7 Å². The van der Waals surface area contributed by atoms with Gasteiger partial charge in [0.25, 0.3) is 5.91 Å². The molecular weight excluding hydrogens is 332 g/mol. The molecule has 0 radical (unpaired) electrons. The lowest BCUT2D eigenvalue weighted by atomic mass is 10.1. The number of hydrogen-bond acceptors (Lipinski definition) is 5. The maximum atomic E-state index is 12.7. The summed E-state index contributed by atoms with van der Waals surface area (Å²) >= 11 is 0. The van der Waals surface area contributed by atoms with Gasteiger partial charge in [0.05, 0.1) is 30.6 Å². The van der Waals surface area contributed by atoms with Crippen molar-refractivity contribution in [2.75, 3.05) is 33.5 Å². The van der Waals surface area contributed by atoms with Gasteiger partial charge in [-0.25, -0.2) is 4.98 Å². The Morgan fingerprint density at radius 2 is 2.04 bits per heavy atom. The van der Waals surface area contributed by atoms with Crippen LogP contribution in [0.2, 0.25) is 0 Å². The number of benzene rings is 1. The van der Waals surface area contributed by atoms with Crippen molar-refractivity contribution in [2.45, 2.75) is 6.42 Å². The third-order valence-corrected chi connectivity index (χ3v) is 3.92. The largest absolute Gasteiger partial charge is 0.463 e. The van der Waals surface area contributed by atoms with Gasteiger partial charge in [-0.1, -0.05) is 18.2 Å². The van der Waals surface area contributed by atoms with Crippen LogP contribution < -0.4 is 5.32 Å². The van der Waals surface area contributed by atoms with E-state index in [4.69, 9.17) is 13.9 Å². The van der Waals surface area contributed by atoms with E-state index < -0.39 is 0 Å². The van der Waals surface area contributed by atoms with Crippen LogP contribution >= 0.6 is 0 Å². The van der Waals surface area contributed by atoms with Gasteiger partial charge in [0.1, 0.15) is 5.69 Å². The fourth-order valence-electron chi connectivity index (χ4n) is 2.63. The maximum absolute atomic E-state index is 12.7. The molecule has 0 aliphatic rings. The van der Waals surface area contributed by atoms with Crippen LogP contribution in [0.3, 0.4) is 0 Å². The first-order valence-electron chi connectivity index (χ1n) is 8.58. The second kappa shape index (κ2) is 9.12. The number of rotatable bonds is 9. The molecule has 0 unspecified atom stereocenters. The van der Waals surface area contributed by atoms with E-state index in [-0.39, 0.29) is 5.91 Å². The zero-order chi connectivity index (χ0) is 18.2. The number of fused-ring (bicyclic) bond motifs is 1. The molecule has 0 fully saturated rings. The van der Waals surface area contributed by atoms with Gasteiger partial charge in [-0.3, -0.25) is 4.79 Å². The summed E-state index contributed by atoms with van der Waals surface area (Å²) in [4.78, 5) is 17.3. The number of amides is 1. The molecule has 1 aromatic carbocycles. The summed E-state index contributed by atoms with van der Waals surface area (Å²) in [6, 6.07) is 13.0. The highest BCUT2D eigenvalue weighted by Crippen LogP contribution is 2.25. The number of carbonyl (C=O) groups excluding carboxylic acids is 1. The van der Waals surface area contributed by atoms with Crippen molar-refractivity contribution in [1.29, 1.82) is 0 Å². The normalized spacial score (nSPS) is 11.0. The van der Waals surface area contributed by atoms with Crippen LogP contribution in [0.15, 0.2) is 53.1 Å². The van der Waals surface area contributed by atoms with E-state index in [1.807, 2.05) is 30.3 Å². The number of methoxy groups -OCH3 is 1. The fraction of sp³-hybridized carbons (Fsp3) is 0.300. The van der Waals surface area contributed by atoms with Crippen LogP contribution in [0.25, 0.3) is 22.4 Å². The van der Waals surface area contributed by atoms with E-state index in [0.717, 1.165) is 17.3 Å². The molecule has 0 aliphatic carbocycles. The zero-order valence-electron chi connectivity index (χ0n) is 14.7. The molecular formula is C20H22N2O4. The fourth-order valence-corrected chi connectivity index (χ4v) is 2.63. The first-order chi connectivity index (χ1) is 12.8. The molecule has 1 amide bonds. The highest BCUT2D eigenvalue weighted by Gasteiger charge is 2.14. The van der Waals surface area contributed by atoms with Crippen molar-refractivity contribution in [1.82, 2.24) is 10.3 Å². The average molecular weight is 354 g/mol. The molecule has 3 aromatic rings. The molecule has 0 saturated carbocycles. The van der Waals surface area contributed by atoms with Gasteiger partial charge < -0.3 is 19.2 Å². The van der Waals surface area contributed by atoms with Gasteiger partial charge in [0, 0.05) is 25.6 Å². The van der Waals surface area contributed by atoms with Crippen LogP contribution in [-0.4, -0.2) is 44.4 Å². The number of hydrogen-bond donors (Lipinski definition) is 1. The molecule has 0 spiro atoms. The van der Waals surface area contributed by atoms with Gasteiger partial charge in [-0.05, 0) is 30.7 Å². The van der Waals surface area contributed by atoms with E-state index in [0.29, 0.717) is 43.4 Å². The van der Waals surface area contributed by atoms with Crippen LogP contribution in [-0.2, 0) is 9.47 Å². The van der Waals surface area contributed by atoms with Crippen molar-refractivity contribution in [3.8, 4) is 11.5 Å². The molecule has 0 saturated heterocycles. The smallest absolute Gasteiger partial charge is 0.252 e. The average Bonchev–Trinajstić information content (AvgIpc) is 3.21.